The summed E-state index contributed by atoms with van der Waals surface area (Å²) in [4.78, 5) is 32.7. The number of aromatic nitrogens is 6. The fraction of sp³-hybridized carbons (Fsp3) is 0.455. The van der Waals surface area contributed by atoms with Crippen molar-refractivity contribution in [2.24, 2.45) is 0 Å². The third kappa shape index (κ3) is 4.00. The third-order valence-corrected chi connectivity index (χ3v) is 6.03. The van der Waals surface area contributed by atoms with E-state index in [1.54, 1.807) is 12.3 Å². The van der Waals surface area contributed by atoms with Crippen LogP contribution in [0, 0.1) is 0 Å². The minimum absolute atomic E-state index is 0.103. The van der Waals surface area contributed by atoms with Gasteiger partial charge in [0.25, 0.3) is 0 Å². The van der Waals surface area contributed by atoms with Crippen molar-refractivity contribution < 1.29 is 4.79 Å². The van der Waals surface area contributed by atoms with Gasteiger partial charge in [0.2, 0.25) is 11.9 Å². The van der Waals surface area contributed by atoms with E-state index in [4.69, 9.17) is 9.97 Å². The van der Waals surface area contributed by atoms with Crippen LogP contribution in [0.5, 0.6) is 0 Å². The van der Waals surface area contributed by atoms with Gasteiger partial charge in [0.1, 0.15) is 24.0 Å². The Labute approximate surface area is 186 Å². The minimum atomic E-state index is -0.338. The molecule has 4 heterocycles. The lowest BCUT2D eigenvalue weighted by Crippen LogP contribution is -2.41. The summed E-state index contributed by atoms with van der Waals surface area (Å²) in [6, 6.07) is 3.36. The maximum Gasteiger partial charge on any atom is 0.248 e. The number of nitrogens with one attached hydrogen (secondary N) is 3. The molecule has 2 aliphatic rings. The van der Waals surface area contributed by atoms with Gasteiger partial charge in [-0.15, -0.1) is 0 Å². The van der Waals surface area contributed by atoms with Crippen LogP contribution < -0.4 is 15.5 Å². The first kappa shape index (κ1) is 20.3. The zero-order chi connectivity index (χ0) is 22.1. The largest absolute Gasteiger partial charge is 0.329 e. The average molecular weight is 434 g/mol. The van der Waals surface area contributed by atoms with Gasteiger partial charge < -0.3 is 15.5 Å². The molecule has 3 N–H and O–H groups in total. The average Bonchev–Trinajstić information content (AvgIpc) is 3.54. The summed E-state index contributed by atoms with van der Waals surface area (Å²) >= 11 is 0. The van der Waals surface area contributed by atoms with Gasteiger partial charge in [-0.1, -0.05) is 13.8 Å². The molecule has 10 heteroatoms. The molecule has 1 fully saturated rings. The van der Waals surface area contributed by atoms with Crippen LogP contribution in [0.3, 0.4) is 0 Å². The molecule has 3 aromatic heterocycles. The number of fused-ring (bicyclic) bond motifs is 1. The standard InChI is InChI=1S/C22H27N9O/c1-13(2)16-11-19(30-29-16)26-20-14-5-3-6-15(14)25-22(28-20)31-10-4-7-17(31)21(32)27-18-8-9-23-12-24-18/h8-9,11-13,17H,3-7,10H2,1-2H3,(H,23,24,27,32)(H2,25,26,28,29,30)/t17-/m0/s1. The first-order valence-electron chi connectivity index (χ1n) is 11.1. The molecule has 0 radical (unpaired) electrons. The molecule has 166 valence electrons. The number of carbonyl (C=O) groups excluding carboxylic acids is 1. The molecule has 1 aliphatic heterocycles. The number of amides is 1. The Hall–Kier alpha value is -3.56. The smallest absolute Gasteiger partial charge is 0.248 e. The Balaban J connectivity index is 1.41. The Morgan fingerprint density at radius 3 is 2.91 bits per heavy atom. The number of aryl methyl sites for hydroxylation is 1. The summed E-state index contributed by atoms with van der Waals surface area (Å²) in [5.41, 5.74) is 3.27. The van der Waals surface area contributed by atoms with E-state index in [1.165, 1.54) is 6.33 Å². The zero-order valence-electron chi connectivity index (χ0n) is 18.3. The molecule has 32 heavy (non-hydrogen) atoms. The lowest BCUT2D eigenvalue weighted by molar-refractivity contribution is -0.117. The highest BCUT2D eigenvalue weighted by molar-refractivity contribution is 5.96. The van der Waals surface area contributed by atoms with Crippen molar-refractivity contribution in [1.82, 2.24) is 30.1 Å². The minimum Gasteiger partial charge on any atom is -0.329 e. The monoisotopic (exact) mass is 433 g/mol. The van der Waals surface area contributed by atoms with Crippen molar-refractivity contribution in [2.45, 2.75) is 57.9 Å². The summed E-state index contributed by atoms with van der Waals surface area (Å²) in [5, 5.41) is 13.7. The van der Waals surface area contributed by atoms with Crippen LogP contribution >= 0.6 is 0 Å². The van der Waals surface area contributed by atoms with Crippen LogP contribution in [0.1, 0.15) is 56.0 Å². The Morgan fingerprint density at radius 2 is 2.12 bits per heavy atom. The van der Waals surface area contributed by atoms with Crippen molar-refractivity contribution >= 4 is 29.3 Å². The SMILES string of the molecule is CC(C)c1cc(Nc2nc(N3CCC[C@H]3C(=O)Nc3ccncn3)nc3c2CCC3)n[nH]1. The van der Waals surface area contributed by atoms with Crippen molar-refractivity contribution in [3.05, 3.63) is 41.6 Å². The first-order valence-corrected chi connectivity index (χ1v) is 11.1. The molecule has 10 nitrogen and oxygen atoms in total. The second-order valence-corrected chi connectivity index (χ2v) is 8.57. The van der Waals surface area contributed by atoms with E-state index in [0.29, 0.717) is 17.7 Å². The summed E-state index contributed by atoms with van der Waals surface area (Å²) in [6.07, 6.45) is 7.59. The summed E-state index contributed by atoms with van der Waals surface area (Å²) in [7, 11) is 0. The molecular weight excluding hydrogens is 406 g/mol. The van der Waals surface area contributed by atoms with Crippen LogP contribution in [0.4, 0.5) is 23.4 Å². The highest BCUT2D eigenvalue weighted by Crippen LogP contribution is 2.33. The van der Waals surface area contributed by atoms with E-state index in [0.717, 1.165) is 67.2 Å². The molecule has 5 rings (SSSR count). The molecule has 0 spiro atoms. The lowest BCUT2D eigenvalue weighted by atomic mass is 10.1. The summed E-state index contributed by atoms with van der Waals surface area (Å²) in [6.45, 7) is 4.98. The Kier molecular flexibility index (Phi) is 5.42. The van der Waals surface area contributed by atoms with Crippen LogP contribution in [0.15, 0.2) is 24.7 Å². The third-order valence-electron chi connectivity index (χ3n) is 6.03. The normalized spacial score (nSPS) is 17.6. The lowest BCUT2D eigenvalue weighted by Gasteiger charge is -2.25. The van der Waals surface area contributed by atoms with Gasteiger partial charge in [-0.05, 0) is 44.1 Å². The summed E-state index contributed by atoms with van der Waals surface area (Å²) in [5.74, 6) is 2.87. The number of rotatable bonds is 6. The predicted molar refractivity (Wildman–Crippen MR) is 121 cm³/mol. The highest BCUT2D eigenvalue weighted by Gasteiger charge is 2.34. The van der Waals surface area contributed by atoms with Gasteiger partial charge in [0.05, 0.1) is 5.69 Å². The Bertz CT molecular complexity index is 1110. The fourth-order valence-corrected chi connectivity index (χ4v) is 4.32. The topological polar surface area (TPSA) is 125 Å². The van der Waals surface area contributed by atoms with E-state index < -0.39 is 0 Å². The molecular formula is C22H27N9O. The Morgan fingerprint density at radius 1 is 1.22 bits per heavy atom. The number of anilines is 4. The van der Waals surface area contributed by atoms with E-state index in [9.17, 15) is 4.79 Å². The number of hydrogen-bond acceptors (Lipinski definition) is 8. The molecule has 0 saturated carbocycles. The van der Waals surface area contributed by atoms with Crippen LogP contribution in [-0.2, 0) is 17.6 Å². The molecule has 0 bridgehead atoms. The van der Waals surface area contributed by atoms with E-state index in [-0.39, 0.29) is 11.9 Å². The van der Waals surface area contributed by atoms with Gasteiger partial charge in [-0.2, -0.15) is 10.1 Å². The molecule has 1 aliphatic carbocycles. The van der Waals surface area contributed by atoms with Crippen molar-refractivity contribution in [3.63, 3.8) is 0 Å². The quantitative estimate of drug-likeness (QED) is 0.542. The van der Waals surface area contributed by atoms with Gasteiger partial charge in [0, 0.05) is 30.1 Å². The van der Waals surface area contributed by atoms with Gasteiger partial charge in [-0.25, -0.2) is 15.0 Å². The zero-order valence-corrected chi connectivity index (χ0v) is 18.3. The van der Waals surface area contributed by atoms with Crippen LogP contribution in [0.2, 0.25) is 0 Å². The maximum atomic E-state index is 13.0. The first-order chi connectivity index (χ1) is 15.6. The van der Waals surface area contributed by atoms with Crippen molar-refractivity contribution in [3.8, 4) is 0 Å². The van der Waals surface area contributed by atoms with Crippen LogP contribution in [0.25, 0.3) is 0 Å². The van der Waals surface area contributed by atoms with Crippen molar-refractivity contribution in [1.29, 1.82) is 0 Å². The molecule has 1 amide bonds. The predicted octanol–water partition coefficient (Wildman–Crippen LogP) is 2.95. The molecule has 1 saturated heterocycles. The number of hydrogen-bond donors (Lipinski definition) is 3. The van der Waals surface area contributed by atoms with Crippen molar-refractivity contribution in [2.75, 3.05) is 22.1 Å². The fourth-order valence-electron chi connectivity index (χ4n) is 4.32. The van der Waals surface area contributed by atoms with E-state index in [2.05, 4.69) is 44.6 Å². The number of carbonyl (C=O) groups is 1. The van der Waals surface area contributed by atoms with E-state index in [1.807, 2.05) is 11.0 Å². The molecule has 0 unspecified atom stereocenters. The maximum absolute atomic E-state index is 13.0. The summed E-state index contributed by atoms with van der Waals surface area (Å²) < 4.78 is 0. The second kappa shape index (κ2) is 8.52. The van der Waals surface area contributed by atoms with Crippen LogP contribution in [-0.4, -0.2) is 48.6 Å². The molecule has 3 aromatic rings. The molecule has 0 aromatic carbocycles. The van der Waals surface area contributed by atoms with Gasteiger partial charge in [0.15, 0.2) is 5.82 Å². The number of nitrogens with zero attached hydrogens (tertiary/aromatic N) is 6. The van der Waals surface area contributed by atoms with E-state index >= 15 is 0 Å². The number of aromatic amines is 1. The number of H-pyrrole nitrogens is 1. The second-order valence-electron chi connectivity index (χ2n) is 8.57. The van der Waals surface area contributed by atoms with Gasteiger partial charge >= 0.3 is 0 Å². The molecule has 1 atom stereocenters. The van der Waals surface area contributed by atoms with Gasteiger partial charge in [-0.3, -0.25) is 9.89 Å². The highest BCUT2D eigenvalue weighted by atomic mass is 16.2.